The van der Waals surface area contributed by atoms with E-state index in [1.54, 1.807) is 36.4 Å². The molecule has 2 aromatic carbocycles. The summed E-state index contributed by atoms with van der Waals surface area (Å²) in [5.41, 5.74) is 1.28. The van der Waals surface area contributed by atoms with Crippen LogP contribution in [0.15, 0.2) is 48.5 Å². The van der Waals surface area contributed by atoms with E-state index in [2.05, 4.69) is 5.32 Å². The van der Waals surface area contributed by atoms with Crippen molar-refractivity contribution >= 4 is 40.9 Å². The molecule has 1 amide bonds. The first kappa shape index (κ1) is 14.6. The lowest BCUT2D eigenvalue weighted by Gasteiger charge is -2.03. The molecule has 0 atom stereocenters. The van der Waals surface area contributed by atoms with Crippen LogP contribution in [0.5, 0.6) is 0 Å². The maximum absolute atomic E-state index is 12.7. The van der Waals surface area contributed by atoms with Crippen molar-refractivity contribution in [3.05, 3.63) is 70.0 Å². The van der Waals surface area contributed by atoms with Gasteiger partial charge in [0, 0.05) is 11.8 Å². The minimum Gasteiger partial charge on any atom is -0.322 e. The molecular weight excluding hydrogens is 300 g/mol. The molecule has 0 heterocycles. The second-order valence-electron chi connectivity index (χ2n) is 4.00. The number of rotatable bonds is 3. The van der Waals surface area contributed by atoms with Crippen molar-refractivity contribution in [2.45, 2.75) is 0 Å². The standard InChI is InChI=1S/C15H10Cl2FNO/c16-13-7-6-12(9-14(13)17)19-15(20)8-3-10-1-4-11(18)5-2-10/h1-9H,(H,19,20)/b8-3+. The molecule has 2 aromatic rings. The van der Waals surface area contributed by atoms with Gasteiger partial charge in [-0.15, -0.1) is 0 Å². The van der Waals surface area contributed by atoms with Gasteiger partial charge in [0.1, 0.15) is 5.82 Å². The van der Waals surface area contributed by atoms with Crippen molar-refractivity contribution < 1.29 is 9.18 Å². The van der Waals surface area contributed by atoms with E-state index in [-0.39, 0.29) is 11.7 Å². The second kappa shape index (κ2) is 6.55. The Kier molecular flexibility index (Phi) is 4.77. The molecule has 2 nitrogen and oxygen atoms in total. The summed E-state index contributed by atoms with van der Waals surface area (Å²) in [6.45, 7) is 0. The average molecular weight is 310 g/mol. The summed E-state index contributed by atoms with van der Waals surface area (Å²) in [7, 11) is 0. The van der Waals surface area contributed by atoms with Crippen LogP contribution in [-0.2, 0) is 4.79 Å². The Morgan fingerprint density at radius 2 is 1.75 bits per heavy atom. The van der Waals surface area contributed by atoms with E-state index in [4.69, 9.17) is 23.2 Å². The highest BCUT2D eigenvalue weighted by Crippen LogP contribution is 2.24. The molecule has 0 aliphatic carbocycles. The molecule has 0 aromatic heterocycles. The van der Waals surface area contributed by atoms with Gasteiger partial charge in [-0.25, -0.2) is 4.39 Å². The van der Waals surface area contributed by atoms with Crippen molar-refractivity contribution in [1.29, 1.82) is 0 Å². The van der Waals surface area contributed by atoms with Gasteiger partial charge in [-0.2, -0.15) is 0 Å². The molecule has 0 fully saturated rings. The molecule has 0 bridgehead atoms. The third-order valence-corrected chi connectivity index (χ3v) is 3.22. The number of halogens is 3. The third kappa shape index (κ3) is 4.08. The maximum Gasteiger partial charge on any atom is 0.248 e. The zero-order valence-electron chi connectivity index (χ0n) is 10.2. The zero-order chi connectivity index (χ0) is 14.5. The van der Waals surface area contributed by atoms with Gasteiger partial charge in [-0.05, 0) is 42.0 Å². The first-order valence-corrected chi connectivity index (χ1v) is 6.50. The lowest BCUT2D eigenvalue weighted by molar-refractivity contribution is -0.111. The van der Waals surface area contributed by atoms with Gasteiger partial charge in [0.2, 0.25) is 5.91 Å². The molecule has 0 unspecified atom stereocenters. The number of benzene rings is 2. The van der Waals surface area contributed by atoms with Crippen molar-refractivity contribution in [1.82, 2.24) is 0 Å². The lowest BCUT2D eigenvalue weighted by atomic mass is 10.2. The highest BCUT2D eigenvalue weighted by atomic mass is 35.5. The molecule has 0 spiro atoms. The Hall–Kier alpha value is -1.84. The van der Waals surface area contributed by atoms with Gasteiger partial charge in [0.25, 0.3) is 0 Å². The number of nitrogens with one attached hydrogen (secondary N) is 1. The van der Waals surface area contributed by atoms with Crippen LogP contribution in [0.3, 0.4) is 0 Å². The van der Waals surface area contributed by atoms with Crippen molar-refractivity contribution in [3.63, 3.8) is 0 Å². The molecule has 20 heavy (non-hydrogen) atoms. The first-order valence-electron chi connectivity index (χ1n) is 5.74. The molecule has 102 valence electrons. The van der Waals surface area contributed by atoms with Gasteiger partial charge in [0.15, 0.2) is 0 Å². The van der Waals surface area contributed by atoms with E-state index >= 15 is 0 Å². The summed E-state index contributed by atoms with van der Waals surface area (Å²) in [5.74, 6) is -0.630. The van der Waals surface area contributed by atoms with Gasteiger partial charge >= 0.3 is 0 Å². The number of hydrogen-bond donors (Lipinski definition) is 1. The number of anilines is 1. The van der Waals surface area contributed by atoms with Crippen LogP contribution in [0.4, 0.5) is 10.1 Å². The van der Waals surface area contributed by atoms with E-state index in [0.717, 1.165) is 5.56 Å². The van der Waals surface area contributed by atoms with E-state index in [0.29, 0.717) is 15.7 Å². The largest absolute Gasteiger partial charge is 0.322 e. The van der Waals surface area contributed by atoms with Gasteiger partial charge in [-0.1, -0.05) is 35.3 Å². The predicted molar refractivity (Wildman–Crippen MR) is 80.5 cm³/mol. The van der Waals surface area contributed by atoms with Gasteiger partial charge in [0.05, 0.1) is 10.0 Å². The monoisotopic (exact) mass is 309 g/mol. The van der Waals surface area contributed by atoms with Crippen LogP contribution in [0, 0.1) is 5.82 Å². The van der Waals surface area contributed by atoms with Gasteiger partial charge in [-0.3, -0.25) is 4.79 Å². The highest BCUT2D eigenvalue weighted by Gasteiger charge is 2.01. The Bertz CT molecular complexity index is 653. The molecule has 1 N–H and O–H groups in total. The number of hydrogen-bond acceptors (Lipinski definition) is 1. The molecule has 0 radical (unpaired) electrons. The van der Waals surface area contributed by atoms with E-state index in [1.165, 1.54) is 18.2 Å². The first-order chi connectivity index (χ1) is 9.54. The highest BCUT2D eigenvalue weighted by molar-refractivity contribution is 6.42. The summed E-state index contributed by atoms with van der Waals surface area (Å²) in [4.78, 5) is 11.7. The number of carbonyl (C=O) groups is 1. The summed E-state index contributed by atoms with van der Waals surface area (Å²) >= 11 is 11.6. The topological polar surface area (TPSA) is 29.1 Å². The maximum atomic E-state index is 12.7. The molecule has 2 rings (SSSR count). The average Bonchev–Trinajstić information content (AvgIpc) is 2.42. The Labute approximate surface area is 125 Å². The fraction of sp³-hybridized carbons (Fsp3) is 0. The molecule has 0 saturated heterocycles. The van der Waals surface area contributed by atoms with Crippen LogP contribution in [0.25, 0.3) is 6.08 Å². The fourth-order valence-corrected chi connectivity index (χ4v) is 1.80. The molecule has 5 heteroatoms. The fourth-order valence-electron chi connectivity index (χ4n) is 1.50. The normalized spacial score (nSPS) is 10.8. The molecule has 0 aliphatic rings. The smallest absolute Gasteiger partial charge is 0.248 e. The van der Waals surface area contributed by atoms with Crippen molar-refractivity contribution in [2.75, 3.05) is 5.32 Å². The minimum atomic E-state index is -0.317. The minimum absolute atomic E-state index is 0.312. The van der Waals surface area contributed by atoms with Crippen molar-refractivity contribution in [2.24, 2.45) is 0 Å². The van der Waals surface area contributed by atoms with Crippen LogP contribution in [-0.4, -0.2) is 5.91 Å². The second-order valence-corrected chi connectivity index (χ2v) is 4.82. The summed E-state index contributed by atoms with van der Waals surface area (Å²) < 4.78 is 12.7. The van der Waals surface area contributed by atoms with E-state index in [9.17, 15) is 9.18 Å². The number of carbonyl (C=O) groups excluding carboxylic acids is 1. The quantitative estimate of drug-likeness (QED) is 0.812. The SMILES string of the molecule is O=C(/C=C/c1ccc(F)cc1)Nc1ccc(Cl)c(Cl)c1. The Morgan fingerprint density at radius 3 is 2.40 bits per heavy atom. The van der Waals surface area contributed by atoms with Crippen molar-refractivity contribution in [3.8, 4) is 0 Å². The third-order valence-electron chi connectivity index (χ3n) is 2.48. The molecule has 0 saturated carbocycles. The lowest BCUT2D eigenvalue weighted by Crippen LogP contribution is -2.07. The summed E-state index contributed by atoms with van der Waals surface area (Å²) in [6.07, 6.45) is 2.95. The number of amides is 1. The predicted octanol–water partition coefficient (Wildman–Crippen LogP) is 4.78. The van der Waals surface area contributed by atoms with Crippen LogP contribution >= 0.6 is 23.2 Å². The van der Waals surface area contributed by atoms with E-state index < -0.39 is 0 Å². The van der Waals surface area contributed by atoms with E-state index in [1.807, 2.05) is 0 Å². The molecule has 0 aliphatic heterocycles. The van der Waals surface area contributed by atoms with Crippen LogP contribution in [0.1, 0.15) is 5.56 Å². The molecular formula is C15H10Cl2FNO. The Morgan fingerprint density at radius 1 is 1.05 bits per heavy atom. The zero-order valence-corrected chi connectivity index (χ0v) is 11.8. The Balaban J connectivity index is 2.01. The van der Waals surface area contributed by atoms with Crippen LogP contribution in [0.2, 0.25) is 10.0 Å². The van der Waals surface area contributed by atoms with Crippen LogP contribution < -0.4 is 5.32 Å². The summed E-state index contributed by atoms with van der Waals surface area (Å²) in [6, 6.07) is 10.6. The summed E-state index contributed by atoms with van der Waals surface area (Å²) in [5, 5.41) is 3.44. The van der Waals surface area contributed by atoms with Gasteiger partial charge < -0.3 is 5.32 Å².